The lowest BCUT2D eigenvalue weighted by atomic mass is 10.2. The third kappa shape index (κ3) is 2.08. The maximum absolute atomic E-state index is 11.2. The van der Waals surface area contributed by atoms with Gasteiger partial charge in [-0.25, -0.2) is 0 Å². The summed E-state index contributed by atoms with van der Waals surface area (Å²) < 4.78 is 21.4. The van der Waals surface area contributed by atoms with Crippen molar-refractivity contribution in [1.29, 1.82) is 0 Å². The molecule has 4 heteroatoms. The third-order valence-corrected chi connectivity index (χ3v) is 2.89. The van der Waals surface area contributed by atoms with Crippen molar-refractivity contribution in [2.75, 3.05) is 6.66 Å². The maximum Gasteiger partial charge on any atom is 0.328 e. The van der Waals surface area contributed by atoms with E-state index in [1.165, 1.54) is 6.66 Å². The molecule has 0 aromatic rings. The van der Waals surface area contributed by atoms with Gasteiger partial charge in [0.05, 0.1) is 12.2 Å². The van der Waals surface area contributed by atoms with E-state index in [2.05, 4.69) is 0 Å². The van der Waals surface area contributed by atoms with E-state index in [1.54, 1.807) is 0 Å². The van der Waals surface area contributed by atoms with Gasteiger partial charge in [0.15, 0.2) is 0 Å². The fourth-order valence-corrected chi connectivity index (χ4v) is 2.76. The normalized spacial score (nSPS) is 49.1. The summed E-state index contributed by atoms with van der Waals surface area (Å²) in [5.74, 6) is 0. The highest BCUT2D eigenvalue weighted by Crippen LogP contribution is 2.50. The molecule has 0 bridgehead atoms. The minimum absolute atomic E-state index is 0.0691. The smallest absolute Gasteiger partial charge is 0.306 e. The van der Waals surface area contributed by atoms with Crippen LogP contribution in [0.25, 0.3) is 0 Å². The Balaban J connectivity index is 2.60. The Bertz CT molecular complexity index is 154. The monoisotopic (exact) mass is 164 g/mol. The molecule has 0 amide bonds. The van der Waals surface area contributed by atoms with Crippen molar-refractivity contribution in [2.45, 2.75) is 32.5 Å². The second kappa shape index (κ2) is 2.65. The summed E-state index contributed by atoms with van der Waals surface area (Å²) in [5.41, 5.74) is 0. The molecule has 1 aliphatic heterocycles. The first-order chi connectivity index (χ1) is 4.49. The van der Waals surface area contributed by atoms with Gasteiger partial charge in [-0.05, 0) is 13.8 Å². The van der Waals surface area contributed by atoms with Crippen LogP contribution in [0.1, 0.15) is 20.3 Å². The average molecular weight is 164 g/mol. The molecule has 1 rings (SSSR count). The van der Waals surface area contributed by atoms with Crippen LogP contribution in [0.4, 0.5) is 0 Å². The summed E-state index contributed by atoms with van der Waals surface area (Å²) in [6.07, 6.45) is 0.969. The Morgan fingerprint density at radius 1 is 1.30 bits per heavy atom. The zero-order valence-corrected chi connectivity index (χ0v) is 7.43. The first-order valence-corrected chi connectivity index (χ1v) is 5.43. The zero-order chi connectivity index (χ0) is 7.78. The standard InChI is InChI=1S/C6H13O3P/c1-5-4-6(2)9-10(3,7)8-5/h5-6H,4H2,1-3H3/t5-,6-/m0/s1. The molecule has 0 spiro atoms. The first-order valence-electron chi connectivity index (χ1n) is 3.44. The van der Waals surface area contributed by atoms with Crippen molar-refractivity contribution < 1.29 is 13.6 Å². The molecular formula is C6H13O3P. The molecule has 10 heavy (non-hydrogen) atoms. The van der Waals surface area contributed by atoms with Gasteiger partial charge in [0.2, 0.25) is 0 Å². The summed E-state index contributed by atoms with van der Waals surface area (Å²) >= 11 is 0. The van der Waals surface area contributed by atoms with E-state index in [1.807, 2.05) is 13.8 Å². The molecule has 0 saturated carbocycles. The van der Waals surface area contributed by atoms with Gasteiger partial charge in [-0.1, -0.05) is 0 Å². The Hall–Kier alpha value is 0.150. The summed E-state index contributed by atoms with van der Waals surface area (Å²) in [6.45, 7) is 5.34. The molecule has 60 valence electrons. The van der Waals surface area contributed by atoms with E-state index in [0.29, 0.717) is 0 Å². The lowest BCUT2D eigenvalue weighted by Gasteiger charge is -2.29. The van der Waals surface area contributed by atoms with Gasteiger partial charge in [-0.3, -0.25) is 4.57 Å². The molecule has 3 nitrogen and oxygen atoms in total. The van der Waals surface area contributed by atoms with Crippen LogP contribution >= 0.6 is 7.60 Å². The molecule has 2 atom stereocenters. The van der Waals surface area contributed by atoms with Gasteiger partial charge in [0.25, 0.3) is 0 Å². The fraction of sp³-hybridized carbons (Fsp3) is 1.00. The summed E-state index contributed by atoms with van der Waals surface area (Å²) in [7, 11) is -2.70. The largest absolute Gasteiger partial charge is 0.328 e. The predicted octanol–water partition coefficient (Wildman–Crippen LogP) is 2.02. The van der Waals surface area contributed by atoms with Crippen molar-refractivity contribution >= 4 is 7.60 Å². The van der Waals surface area contributed by atoms with Crippen LogP contribution in [-0.2, 0) is 13.6 Å². The van der Waals surface area contributed by atoms with Gasteiger partial charge in [-0.15, -0.1) is 0 Å². The molecule has 1 aliphatic rings. The van der Waals surface area contributed by atoms with Crippen LogP contribution in [0.5, 0.6) is 0 Å². The molecule has 1 fully saturated rings. The van der Waals surface area contributed by atoms with Gasteiger partial charge in [-0.2, -0.15) is 0 Å². The average Bonchev–Trinajstić information content (AvgIpc) is 1.54. The Labute approximate surface area is 61.2 Å². The van der Waals surface area contributed by atoms with Crippen molar-refractivity contribution in [1.82, 2.24) is 0 Å². The Morgan fingerprint density at radius 3 is 2.00 bits per heavy atom. The maximum atomic E-state index is 11.2. The topological polar surface area (TPSA) is 35.5 Å². The minimum Gasteiger partial charge on any atom is -0.306 e. The summed E-state index contributed by atoms with van der Waals surface area (Å²) in [6, 6.07) is 0. The zero-order valence-electron chi connectivity index (χ0n) is 6.53. The predicted molar refractivity (Wildman–Crippen MR) is 39.2 cm³/mol. The SMILES string of the molecule is C[C@H]1C[C@H](C)OP(C)(=O)O1. The molecule has 0 aliphatic carbocycles. The van der Waals surface area contributed by atoms with Crippen LogP contribution in [0.3, 0.4) is 0 Å². The molecule has 1 saturated heterocycles. The summed E-state index contributed by atoms with van der Waals surface area (Å²) in [5, 5.41) is 0. The van der Waals surface area contributed by atoms with Crippen LogP contribution in [0.15, 0.2) is 0 Å². The fourth-order valence-electron chi connectivity index (χ4n) is 1.23. The van der Waals surface area contributed by atoms with Crippen molar-refractivity contribution in [3.8, 4) is 0 Å². The molecule has 0 N–H and O–H groups in total. The van der Waals surface area contributed by atoms with Crippen LogP contribution in [0, 0.1) is 0 Å². The van der Waals surface area contributed by atoms with Gasteiger partial charge < -0.3 is 9.05 Å². The van der Waals surface area contributed by atoms with Gasteiger partial charge in [0.1, 0.15) is 0 Å². The van der Waals surface area contributed by atoms with E-state index < -0.39 is 7.60 Å². The van der Waals surface area contributed by atoms with E-state index >= 15 is 0 Å². The molecular weight excluding hydrogens is 151 g/mol. The molecule has 1 heterocycles. The van der Waals surface area contributed by atoms with Crippen LogP contribution < -0.4 is 0 Å². The molecule has 0 aromatic carbocycles. The number of hydrogen-bond donors (Lipinski definition) is 0. The first kappa shape index (κ1) is 8.25. The second-order valence-corrected chi connectivity index (χ2v) is 4.80. The highest BCUT2D eigenvalue weighted by atomic mass is 31.2. The third-order valence-electron chi connectivity index (χ3n) is 1.41. The molecule has 0 radical (unpaired) electrons. The van der Waals surface area contributed by atoms with Gasteiger partial charge in [0, 0.05) is 13.1 Å². The molecule has 0 aromatic heterocycles. The number of hydrogen-bond acceptors (Lipinski definition) is 3. The Kier molecular flexibility index (Phi) is 2.18. The van der Waals surface area contributed by atoms with Crippen LogP contribution in [-0.4, -0.2) is 18.9 Å². The van der Waals surface area contributed by atoms with E-state index in [-0.39, 0.29) is 12.2 Å². The van der Waals surface area contributed by atoms with Gasteiger partial charge >= 0.3 is 7.60 Å². The van der Waals surface area contributed by atoms with E-state index in [9.17, 15) is 4.57 Å². The molecule has 0 unspecified atom stereocenters. The Morgan fingerprint density at radius 2 is 1.70 bits per heavy atom. The second-order valence-electron chi connectivity index (χ2n) is 2.84. The van der Waals surface area contributed by atoms with Crippen molar-refractivity contribution in [2.24, 2.45) is 0 Å². The minimum atomic E-state index is -2.70. The lowest BCUT2D eigenvalue weighted by molar-refractivity contribution is 0.0514. The number of rotatable bonds is 0. The highest BCUT2D eigenvalue weighted by molar-refractivity contribution is 7.53. The van der Waals surface area contributed by atoms with Crippen LogP contribution in [0.2, 0.25) is 0 Å². The highest BCUT2D eigenvalue weighted by Gasteiger charge is 2.30. The van der Waals surface area contributed by atoms with Crippen molar-refractivity contribution in [3.05, 3.63) is 0 Å². The quantitative estimate of drug-likeness (QED) is 0.514. The lowest BCUT2D eigenvalue weighted by Crippen LogP contribution is -2.23. The van der Waals surface area contributed by atoms with Crippen molar-refractivity contribution in [3.63, 3.8) is 0 Å². The summed E-state index contributed by atoms with van der Waals surface area (Å²) in [4.78, 5) is 0. The van der Waals surface area contributed by atoms with E-state index in [0.717, 1.165) is 6.42 Å². The van der Waals surface area contributed by atoms with E-state index in [4.69, 9.17) is 9.05 Å².